The van der Waals surface area contributed by atoms with E-state index in [1.165, 1.54) is 12.4 Å². The van der Waals surface area contributed by atoms with E-state index in [-0.39, 0.29) is 11.8 Å². The fourth-order valence-electron chi connectivity index (χ4n) is 3.13. The van der Waals surface area contributed by atoms with Gasteiger partial charge >= 0.3 is 6.18 Å². The number of carbonyl (C=O) groups excluding carboxylic acids is 1. The first kappa shape index (κ1) is 21.1. The Morgan fingerprint density at radius 1 is 1.34 bits per heavy atom. The molecule has 1 amide bonds. The van der Waals surface area contributed by atoms with Crippen molar-refractivity contribution in [2.75, 3.05) is 5.32 Å². The quantitative estimate of drug-likeness (QED) is 0.425. The third kappa shape index (κ3) is 4.61. The van der Waals surface area contributed by atoms with Crippen LogP contribution in [0.4, 0.5) is 18.9 Å². The number of alkyl halides is 3. The van der Waals surface area contributed by atoms with Gasteiger partial charge in [0.25, 0.3) is 0 Å². The number of hydrogen-bond donors (Lipinski definition) is 2. The van der Waals surface area contributed by atoms with Crippen LogP contribution in [-0.4, -0.2) is 36.8 Å². The van der Waals surface area contributed by atoms with Gasteiger partial charge in [-0.1, -0.05) is 12.6 Å². The largest absolute Gasteiger partial charge is 0.437 e. The van der Waals surface area contributed by atoms with Crippen molar-refractivity contribution in [3.63, 3.8) is 0 Å². The number of rotatable bonds is 6. The van der Waals surface area contributed by atoms with Crippen molar-refractivity contribution in [2.24, 2.45) is 0 Å². The fraction of sp³-hybridized carbons (Fsp3) is 0.143. The molecule has 0 aliphatic carbocycles. The molecule has 0 aliphatic rings. The van der Waals surface area contributed by atoms with Gasteiger partial charge in [0.1, 0.15) is 17.8 Å². The van der Waals surface area contributed by atoms with Gasteiger partial charge in [-0.05, 0) is 25.1 Å². The Bertz CT molecular complexity index is 1310. The molecule has 0 bridgehead atoms. The van der Waals surface area contributed by atoms with Crippen molar-refractivity contribution in [3.05, 3.63) is 61.2 Å². The molecule has 2 N–H and O–H groups in total. The molecule has 32 heavy (non-hydrogen) atoms. The second-order valence-electron chi connectivity index (χ2n) is 6.87. The van der Waals surface area contributed by atoms with Gasteiger partial charge in [0, 0.05) is 35.3 Å². The number of aromatic nitrogens is 5. The fourth-order valence-corrected chi connectivity index (χ4v) is 3.13. The Labute approximate surface area is 179 Å². The van der Waals surface area contributed by atoms with Gasteiger partial charge in [0.05, 0.1) is 11.9 Å². The van der Waals surface area contributed by atoms with Gasteiger partial charge in [0.15, 0.2) is 5.65 Å². The van der Waals surface area contributed by atoms with Gasteiger partial charge in [-0.2, -0.15) is 18.3 Å². The molecule has 11 heteroatoms. The first-order valence-electron chi connectivity index (χ1n) is 9.38. The van der Waals surface area contributed by atoms with Gasteiger partial charge < -0.3 is 15.0 Å². The molecule has 0 saturated carbocycles. The summed E-state index contributed by atoms with van der Waals surface area (Å²) in [5.41, 5.74) is 2.86. The summed E-state index contributed by atoms with van der Waals surface area (Å²) in [6.07, 6.45) is 1.13. The van der Waals surface area contributed by atoms with Crippen LogP contribution in [0.2, 0.25) is 0 Å². The van der Waals surface area contributed by atoms with Crippen molar-refractivity contribution in [1.82, 2.24) is 24.7 Å². The molecule has 0 fully saturated rings. The van der Waals surface area contributed by atoms with Gasteiger partial charge in [-0.25, -0.2) is 9.97 Å². The van der Waals surface area contributed by atoms with E-state index < -0.39 is 12.7 Å². The highest BCUT2D eigenvalue weighted by Crippen LogP contribution is 2.31. The smallest absolute Gasteiger partial charge is 0.408 e. The first-order chi connectivity index (χ1) is 15.2. The predicted molar refractivity (Wildman–Crippen MR) is 111 cm³/mol. The topological polar surface area (TPSA) is 97.7 Å². The number of nitrogens with zero attached hydrogens (tertiary/aromatic N) is 4. The summed E-state index contributed by atoms with van der Waals surface area (Å²) in [6, 6.07) is 6.67. The highest BCUT2D eigenvalue weighted by Gasteiger charge is 2.29. The SMILES string of the molecule is C=CC(=O)Nc1cccc(Oc2cnc3[nH]cc(-c4cn(CC(F)(F)F)nc4C)c3n2)c1. The number of nitrogens with one attached hydrogen (secondary N) is 2. The Morgan fingerprint density at radius 2 is 2.16 bits per heavy atom. The maximum atomic E-state index is 12.7. The van der Waals surface area contributed by atoms with E-state index >= 15 is 0 Å². The molecular formula is C21H17F3N6O2. The summed E-state index contributed by atoms with van der Waals surface area (Å²) in [5, 5.41) is 6.58. The second kappa shape index (κ2) is 8.17. The normalized spacial score (nSPS) is 11.5. The van der Waals surface area contributed by atoms with E-state index in [9.17, 15) is 18.0 Å². The van der Waals surface area contributed by atoms with E-state index in [1.807, 2.05) is 0 Å². The maximum absolute atomic E-state index is 12.7. The standard InChI is InChI=1S/C21H17F3N6O2/c1-3-17(31)27-13-5-4-6-14(7-13)32-18-9-26-20-19(28-18)15(8-25-20)16-10-30(29-12(16)2)11-21(22,23)24/h3-10H,1,11H2,2H3,(H,25,26)(H,27,31). The molecular weight excluding hydrogens is 425 g/mol. The predicted octanol–water partition coefficient (Wildman–Crippen LogP) is 4.61. The highest BCUT2D eigenvalue weighted by atomic mass is 19.4. The van der Waals surface area contributed by atoms with E-state index in [1.54, 1.807) is 37.4 Å². The number of halogens is 3. The third-order valence-corrected chi connectivity index (χ3v) is 4.45. The third-order valence-electron chi connectivity index (χ3n) is 4.45. The Morgan fingerprint density at radius 3 is 2.91 bits per heavy atom. The maximum Gasteiger partial charge on any atom is 0.408 e. The number of hydrogen-bond acceptors (Lipinski definition) is 5. The number of aromatic amines is 1. The minimum Gasteiger partial charge on any atom is -0.437 e. The zero-order valence-corrected chi connectivity index (χ0v) is 16.8. The Kier molecular flexibility index (Phi) is 5.39. The molecule has 3 aromatic heterocycles. The molecule has 8 nitrogen and oxygen atoms in total. The Balaban J connectivity index is 1.64. The summed E-state index contributed by atoms with van der Waals surface area (Å²) in [5.74, 6) is 0.222. The molecule has 3 heterocycles. The van der Waals surface area contributed by atoms with Crippen LogP contribution in [0, 0.1) is 6.92 Å². The minimum absolute atomic E-state index is 0.172. The molecule has 0 unspecified atom stereocenters. The van der Waals surface area contributed by atoms with Crippen LogP contribution in [-0.2, 0) is 11.3 Å². The number of amides is 1. The molecule has 1 aromatic carbocycles. The van der Waals surface area contributed by atoms with Crippen LogP contribution >= 0.6 is 0 Å². The summed E-state index contributed by atoms with van der Waals surface area (Å²) in [7, 11) is 0. The lowest BCUT2D eigenvalue weighted by molar-refractivity contribution is -0.142. The minimum atomic E-state index is -4.38. The summed E-state index contributed by atoms with van der Waals surface area (Å²) < 4.78 is 44.8. The Hall–Kier alpha value is -4.15. The molecule has 0 saturated heterocycles. The van der Waals surface area contributed by atoms with Crippen LogP contribution in [0.5, 0.6) is 11.6 Å². The molecule has 4 rings (SSSR count). The van der Waals surface area contributed by atoms with Crippen molar-refractivity contribution in [3.8, 4) is 22.8 Å². The molecule has 164 valence electrons. The van der Waals surface area contributed by atoms with Crippen molar-refractivity contribution in [1.29, 1.82) is 0 Å². The van der Waals surface area contributed by atoms with Crippen LogP contribution in [0.25, 0.3) is 22.3 Å². The molecule has 4 aromatic rings. The van der Waals surface area contributed by atoms with Crippen LogP contribution in [0.15, 0.2) is 55.5 Å². The average molecular weight is 442 g/mol. The zero-order chi connectivity index (χ0) is 22.9. The highest BCUT2D eigenvalue weighted by molar-refractivity contribution is 5.99. The molecule has 0 atom stereocenters. The van der Waals surface area contributed by atoms with E-state index in [2.05, 4.69) is 31.9 Å². The number of aryl methyl sites for hydroxylation is 1. The van der Waals surface area contributed by atoms with Crippen molar-refractivity contribution >= 4 is 22.8 Å². The zero-order valence-electron chi connectivity index (χ0n) is 16.8. The van der Waals surface area contributed by atoms with Crippen LogP contribution in [0.1, 0.15) is 5.69 Å². The van der Waals surface area contributed by atoms with Gasteiger partial charge in [-0.15, -0.1) is 0 Å². The first-order valence-corrected chi connectivity index (χ1v) is 9.38. The number of benzene rings is 1. The number of ether oxygens (including phenoxy) is 1. The summed E-state index contributed by atoms with van der Waals surface area (Å²) in [4.78, 5) is 23.2. The monoisotopic (exact) mass is 442 g/mol. The van der Waals surface area contributed by atoms with Crippen LogP contribution in [0.3, 0.4) is 0 Å². The van der Waals surface area contributed by atoms with Gasteiger partial charge in [-0.3, -0.25) is 9.48 Å². The number of fused-ring (bicyclic) bond motifs is 1. The average Bonchev–Trinajstić information content (AvgIpc) is 3.29. The van der Waals surface area contributed by atoms with Crippen molar-refractivity contribution < 1.29 is 22.7 Å². The summed E-state index contributed by atoms with van der Waals surface area (Å²) in [6.45, 7) is 3.84. The molecule has 0 radical (unpaired) electrons. The second-order valence-corrected chi connectivity index (χ2v) is 6.87. The molecule has 0 spiro atoms. The number of anilines is 1. The molecule has 0 aliphatic heterocycles. The lowest BCUT2D eigenvalue weighted by atomic mass is 10.1. The van der Waals surface area contributed by atoms with E-state index in [0.717, 1.165) is 10.8 Å². The lowest BCUT2D eigenvalue weighted by Gasteiger charge is -2.07. The van der Waals surface area contributed by atoms with Crippen LogP contribution < -0.4 is 10.1 Å². The number of H-pyrrole nitrogens is 1. The summed E-state index contributed by atoms with van der Waals surface area (Å²) >= 11 is 0. The lowest BCUT2D eigenvalue weighted by Crippen LogP contribution is -2.17. The number of carbonyl (C=O) groups is 1. The van der Waals surface area contributed by atoms with E-state index in [4.69, 9.17) is 4.74 Å². The van der Waals surface area contributed by atoms with Crippen molar-refractivity contribution in [2.45, 2.75) is 19.6 Å². The van der Waals surface area contributed by atoms with Gasteiger partial charge in [0.2, 0.25) is 11.8 Å². The van der Waals surface area contributed by atoms with E-state index in [0.29, 0.717) is 39.4 Å².